The SMILES string of the molecule is CC(C)(C)OC(=O)C1CC1NC(=O)OCc1ccccc1. The van der Waals surface area contributed by atoms with Crippen LogP contribution in [0.1, 0.15) is 32.8 Å². The lowest BCUT2D eigenvalue weighted by molar-refractivity contribution is -0.156. The molecule has 5 heteroatoms. The quantitative estimate of drug-likeness (QED) is 0.866. The van der Waals surface area contributed by atoms with Crippen LogP contribution in [0.25, 0.3) is 0 Å². The number of alkyl carbamates (subject to hydrolysis) is 1. The minimum Gasteiger partial charge on any atom is -0.460 e. The highest BCUT2D eigenvalue weighted by atomic mass is 16.6. The number of amides is 1. The molecule has 0 heterocycles. The zero-order chi connectivity index (χ0) is 15.5. The fraction of sp³-hybridized carbons (Fsp3) is 0.500. The lowest BCUT2D eigenvalue weighted by Crippen LogP contribution is -2.31. The second kappa shape index (κ2) is 6.16. The number of esters is 1. The van der Waals surface area contributed by atoms with E-state index in [1.807, 2.05) is 51.1 Å². The second-order valence-electron chi connectivity index (χ2n) is 6.19. The van der Waals surface area contributed by atoms with Gasteiger partial charge in [0, 0.05) is 6.04 Å². The zero-order valence-corrected chi connectivity index (χ0v) is 12.6. The van der Waals surface area contributed by atoms with Gasteiger partial charge in [-0.05, 0) is 32.8 Å². The van der Waals surface area contributed by atoms with E-state index in [0.717, 1.165) is 5.56 Å². The van der Waals surface area contributed by atoms with Gasteiger partial charge >= 0.3 is 12.1 Å². The van der Waals surface area contributed by atoms with Crippen molar-refractivity contribution < 1.29 is 19.1 Å². The summed E-state index contributed by atoms with van der Waals surface area (Å²) in [6.45, 7) is 5.69. The molecule has 1 aromatic carbocycles. The van der Waals surface area contributed by atoms with Crippen LogP contribution in [0.2, 0.25) is 0 Å². The molecule has 1 aliphatic rings. The van der Waals surface area contributed by atoms with E-state index < -0.39 is 11.7 Å². The molecule has 0 bridgehead atoms. The number of carbonyl (C=O) groups excluding carboxylic acids is 2. The molecule has 0 saturated heterocycles. The molecular weight excluding hydrogens is 270 g/mol. The maximum atomic E-state index is 11.8. The molecule has 0 radical (unpaired) electrons. The van der Waals surface area contributed by atoms with Crippen molar-refractivity contribution in [1.29, 1.82) is 0 Å². The van der Waals surface area contributed by atoms with Gasteiger partial charge in [0.2, 0.25) is 0 Å². The zero-order valence-electron chi connectivity index (χ0n) is 12.6. The van der Waals surface area contributed by atoms with E-state index in [1.165, 1.54) is 0 Å². The Morgan fingerprint density at radius 3 is 2.52 bits per heavy atom. The van der Waals surface area contributed by atoms with Gasteiger partial charge in [-0.3, -0.25) is 4.79 Å². The summed E-state index contributed by atoms with van der Waals surface area (Å²) in [5.74, 6) is -0.524. The Morgan fingerprint density at radius 1 is 1.24 bits per heavy atom. The number of carbonyl (C=O) groups is 2. The first-order valence-corrected chi connectivity index (χ1v) is 7.05. The molecule has 1 saturated carbocycles. The first kappa shape index (κ1) is 15.4. The van der Waals surface area contributed by atoms with Gasteiger partial charge in [-0.15, -0.1) is 0 Å². The third kappa shape index (κ3) is 5.10. The molecule has 1 N–H and O–H groups in total. The Balaban J connectivity index is 1.69. The number of rotatable bonds is 4. The maximum absolute atomic E-state index is 11.8. The maximum Gasteiger partial charge on any atom is 0.407 e. The molecule has 2 atom stereocenters. The summed E-state index contributed by atoms with van der Waals surface area (Å²) in [6, 6.07) is 9.26. The third-order valence-electron chi connectivity index (χ3n) is 3.02. The van der Waals surface area contributed by atoms with E-state index in [2.05, 4.69) is 5.32 Å². The molecule has 1 aromatic rings. The van der Waals surface area contributed by atoms with Crippen LogP contribution in [0.3, 0.4) is 0 Å². The number of nitrogens with one attached hydrogen (secondary N) is 1. The van der Waals surface area contributed by atoms with Crippen LogP contribution >= 0.6 is 0 Å². The summed E-state index contributed by atoms with van der Waals surface area (Å²) in [4.78, 5) is 23.4. The molecule has 114 valence electrons. The smallest absolute Gasteiger partial charge is 0.407 e. The van der Waals surface area contributed by atoms with E-state index in [4.69, 9.17) is 9.47 Å². The Morgan fingerprint density at radius 2 is 1.90 bits per heavy atom. The average molecular weight is 291 g/mol. The van der Waals surface area contributed by atoms with Gasteiger partial charge in [0.1, 0.15) is 12.2 Å². The second-order valence-corrected chi connectivity index (χ2v) is 6.19. The van der Waals surface area contributed by atoms with Crippen molar-refractivity contribution in [1.82, 2.24) is 5.32 Å². The van der Waals surface area contributed by atoms with Crippen LogP contribution in [-0.4, -0.2) is 23.7 Å². The van der Waals surface area contributed by atoms with Gasteiger partial charge in [0.15, 0.2) is 0 Å². The van der Waals surface area contributed by atoms with Crippen molar-refractivity contribution in [2.24, 2.45) is 5.92 Å². The third-order valence-corrected chi connectivity index (χ3v) is 3.02. The highest BCUT2D eigenvalue weighted by Gasteiger charge is 2.46. The topological polar surface area (TPSA) is 64.6 Å². The number of hydrogen-bond acceptors (Lipinski definition) is 4. The van der Waals surface area contributed by atoms with Crippen LogP contribution in [0, 0.1) is 5.92 Å². The summed E-state index contributed by atoms with van der Waals surface area (Å²) in [7, 11) is 0. The van der Waals surface area contributed by atoms with Gasteiger partial charge in [0.25, 0.3) is 0 Å². The molecule has 1 amide bonds. The molecule has 2 unspecified atom stereocenters. The summed E-state index contributed by atoms with van der Waals surface area (Å²) >= 11 is 0. The summed E-state index contributed by atoms with van der Waals surface area (Å²) < 4.78 is 10.4. The molecule has 21 heavy (non-hydrogen) atoms. The predicted molar refractivity (Wildman–Crippen MR) is 77.5 cm³/mol. The highest BCUT2D eigenvalue weighted by molar-refractivity contribution is 5.79. The Kier molecular flexibility index (Phi) is 4.50. The largest absolute Gasteiger partial charge is 0.460 e. The first-order chi connectivity index (χ1) is 9.85. The van der Waals surface area contributed by atoms with Crippen molar-refractivity contribution in [3.05, 3.63) is 35.9 Å². The normalized spacial score (nSPS) is 20.5. The van der Waals surface area contributed by atoms with E-state index in [1.54, 1.807) is 0 Å². The minimum atomic E-state index is -0.505. The fourth-order valence-electron chi connectivity index (χ4n) is 1.91. The van der Waals surface area contributed by atoms with Gasteiger partial charge in [-0.2, -0.15) is 0 Å². The minimum absolute atomic E-state index is 0.178. The van der Waals surface area contributed by atoms with Crippen LogP contribution < -0.4 is 5.32 Å². The van der Waals surface area contributed by atoms with E-state index in [0.29, 0.717) is 6.42 Å². The number of ether oxygens (including phenoxy) is 2. The Labute approximate surface area is 124 Å². The van der Waals surface area contributed by atoms with Gasteiger partial charge in [-0.25, -0.2) is 4.79 Å². The fourth-order valence-corrected chi connectivity index (χ4v) is 1.91. The molecule has 1 fully saturated rings. The van der Waals surface area contributed by atoms with Crippen LogP contribution in [0.5, 0.6) is 0 Å². The summed E-state index contributed by atoms with van der Waals surface area (Å²) in [5.41, 5.74) is 0.421. The molecule has 0 spiro atoms. The molecular formula is C16H21NO4. The Hall–Kier alpha value is -2.04. The van der Waals surface area contributed by atoms with Crippen molar-refractivity contribution in [3.8, 4) is 0 Å². The summed E-state index contributed by atoms with van der Waals surface area (Å²) in [6.07, 6.45) is 0.102. The van der Waals surface area contributed by atoms with E-state index in [9.17, 15) is 9.59 Å². The molecule has 1 aliphatic carbocycles. The van der Waals surface area contributed by atoms with E-state index in [-0.39, 0.29) is 24.5 Å². The lowest BCUT2D eigenvalue weighted by atomic mass is 10.2. The number of hydrogen-bond donors (Lipinski definition) is 1. The van der Waals surface area contributed by atoms with Crippen molar-refractivity contribution >= 4 is 12.1 Å². The van der Waals surface area contributed by atoms with Crippen LogP contribution in [-0.2, 0) is 20.9 Å². The lowest BCUT2D eigenvalue weighted by Gasteiger charge is -2.19. The molecule has 5 nitrogen and oxygen atoms in total. The highest BCUT2D eigenvalue weighted by Crippen LogP contribution is 2.33. The molecule has 0 aromatic heterocycles. The Bertz CT molecular complexity index is 507. The van der Waals surface area contributed by atoms with Crippen LogP contribution in [0.15, 0.2) is 30.3 Å². The van der Waals surface area contributed by atoms with Crippen molar-refractivity contribution in [2.45, 2.75) is 45.4 Å². The van der Waals surface area contributed by atoms with Crippen molar-refractivity contribution in [3.63, 3.8) is 0 Å². The predicted octanol–water partition coefficient (Wildman–Crippen LogP) is 2.64. The average Bonchev–Trinajstić information content (AvgIpc) is 3.15. The van der Waals surface area contributed by atoms with Crippen molar-refractivity contribution in [2.75, 3.05) is 0 Å². The summed E-state index contributed by atoms with van der Waals surface area (Å²) in [5, 5.41) is 2.68. The number of benzene rings is 1. The molecule has 0 aliphatic heterocycles. The van der Waals surface area contributed by atoms with E-state index >= 15 is 0 Å². The standard InChI is InChI=1S/C16H21NO4/c1-16(2,3)21-14(18)12-9-13(12)17-15(19)20-10-11-7-5-4-6-8-11/h4-8,12-13H,9-10H2,1-3H3,(H,17,19). The van der Waals surface area contributed by atoms with Gasteiger partial charge < -0.3 is 14.8 Å². The first-order valence-electron chi connectivity index (χ1n) is 7.05. The van der Waals surface area contributed by atoms with Gasteiger partial charge in [0.05, 0.1) is 5.92 Å². The molecule has 2 rings (SSSR count). The van der Waals surface area contributed by atoms with Gasteiger partial charge in [-0.1, -0.05) is 30.3 Å². The van der Waals surface area contributed by atoms with Crippen LogP contribution in [0.4, 0.5) is 4.79 Å². The monoisotopic (exact) mass is 291 g/mol.